The highest BCUT2D eigenvalue weighted by Crippen LogP contribution is 2.15. The Morgan fingerprint density at radius 1 is 0.962 bits per heavy atom. The zero-order valence-electron chi connectivity index (χ0n) is 15.5. The molecule has 0 saturated heterocycles. The summed E-state index contributed by atoms with van der Waals surface area (Å²) in [6.07, 6.45) is 7.37. The van der Waals surface area contributed by atoms with E-state index in [9.17, 15) is 0 Å². The molecule has 3 rings (SSSR count). The van der Waals surface area contributed by atoms with Gasteiger partial charge in [0.2, 0.25) is 0 Å². The second-order valence-corrected chi connectivity index (χ2v) is 6.44. The number of nitrogens with one attached hydrogen (secondary N) is 2. The van der Waals surface area contributed by atoms with Gasteiger partial charge in [-0.2, -0.15) is 15.3 Å². The molecule has 0 bridgehead atoms. The van der Waals surface area contributed by atoms with Crippen LogP contribution in [0.15, 0.2) is 24.8 Å². The number of aromatic nitrogens is 6. The lowest BCUT2D eigenvalue weighted by atomic mass is 10.2. The van der Waals surface area contributed by atoms with E-state index >= 15 is 0 Å². The number of hydrogen-bond acceptors (Lipinski definition) is 4. The third-order valence-corrected chi connectivity index (χ3v) is 4.58. The van der Waals surface area contributed by atoms with E-state index in [4.69, 9.17) is 12.2 Å². The minimum absolute atomic E-state index is 0.512. The molecule has 8 nitrogen and oxygen atoms in total. The number of rotatable bonds is 6. The Bertz CT molecular complexity index is 904. The lowest BCUT2D eigenvalue weighted by molar-refractivity contribution is 0.633. The first-order chi connectivity index (χ1) is 12.5. The Morgan fingerprint density at radius 3 is 2.31 bits per heavy atom. The molecule has 0 radical (unpaired) electrons. The fraction of sp³-hybridized carbons (Fsp3) is 0.412. The predicted octanol–water partition coefficient (Wildman–Crippen LogP) is 2.79. The molecule has 0 saturated carbocycles. The second kappa shape index (κ2) is 7.69. The standard InChI is InChI=1S/C17H24N8S/c1-5-24-12(3)14(7-19-24)10-23-11-15(8-18-23)21-17(26)22-16-9-20-25(6-2)13(16)4/h7-9,11H,5-6,10H2,1-4H3,(H2,21,22,26). The van der Waals surface area contributed by atoms with Gasteiger partial charge in [-0.05, 0) is 39.9 Å². The topological polar surface area (TPSA) is 77.5 Å². The fourth-order valence-corrected chi connectivity index (χ4v) is 3.05. The molecular weight excluding hydrogens is 348 g/mol. The van der Waals surface area contributed by atoms with Gasteiger partial charge in [0.1, 0.15) is 0 Å². The quantitative estimate of drug-likeness (QED) is 0.648. The lowest BCUT2D eigenvalue weighted by Gasteiger charge is -2.08. The normalized spacial score (nSPS) is 10.9. The average Bonchev–Trinajstić information content (AvgIpc) is 3.30. The van der Waals surface area contributed by atoms with Crippen molar-refractivity contribution in [2.75, 3.05) is 10.6 Å². The molecule has 3 heterocycles. The van der Waals surface area contributed by atoms with Gasteiger partial charge in [-0.15, -0.1) is 0 Å². The number of hydrogen-bond donors (Lipinski definition) is 2. The molecule has 0 spiro atoms. The summed E-state index contributed by atoms with van der Waals surface area (Å²) in [5.74, 6) is 0. The maximum absolute atomic E-state index is 5.39. The van der Waals surface area contributed by atoms with E-state index in [-0.39, 0.29) is 0 Å². The first-order valence-electron chi connectivity index (χ1n) is 8.66. The van der Waals surface area contributed by atoms with Gasteiger partial charge in [0, 0.05) is 30.5 Å². The van der Waals surface area contributed by atoms with Crippen molar-refractivity contribution in [2.45, 2.75) is 47.3 Å². The summed E-state index contributed by atoms with van der Waals surface area (Å²) in [6, 6.07) is 0. The third kappa shape index (κ3) is 3.77. The van der Waals surface area contributed by atoms with E-state index in [1.165, 1.54) is 0 Å². The highest BCUT2D eigenvalue weighted by atomic mass is 32.1. The number of nitrogens with zero attached hydrogens (tertiary/aromatic N) is 6. The fourth-order valence-electron chi connectivity index (χ4n) is 2.82. The molecule has 9 heteroatoms. The molecule has 2 N–H and O–H groups in total. The van der Waals surface area contributed by atoms with Crippen LogP contribution < -0.4 is 10.6 Å². The van der Waals surface area contributed by atoms with Crippen LogP contribution in [0.3, 0.4) is 0 Å². The average molecular weight is 373 g/mol. The first-order valence-corrected chi connectivity index (χ1v) is 9.06. The molecular formula is C17H24N8S. The van der Waals surface area contributed by atoms with Crippen LogP contribution in [-0.4, -0.2) is 34.5 Å². The van der Waals surface area contributed by atoms with Gasteiger partial charge in [0.05, 0.1) is 42.2 Å². The highest BCUT2D eigenvalue weighted by Gasteiger charge is 2.09. The summed E-state index contributed by atoms with van der Waals surface area (Å²) >= 11 is 5.39. The van der Waals surface area contributed by atoms with E-state index in [0.29, 0.717) is 11.7 Å². The number of anilines is 2. The van der Waals surface area contributed by atoms with Crippen molar-refractivity contribution in [2.24, 2.45) is 0 Å². The van der Waals surface area contributed by atoms with E-state index in [1.54, 1.807) is 12.4 Å². The molecule has 0 aliphatic rings. The minimum atomic E-state index is 0.512. The van der Waals surface area contributed by atoms with Crippen molar-refractivity contribution in [1.82, 2.24) is 29.3 Å². The van der Waals surface area contributed by atoms with Crippen molar-refractivity contribution < 1.29 is 0 Å². The highest BCUT2D eigenvalue weighted by molar-refractivity contribution is 7.80. The first kappa shape index (κ1) is 18.1. The Kier molecular flexibility index (Phi) is 5.36. The Hall–Kier alpha value is -2.68. The summed E-state index contributed by atoms with van der Waals surface area (Å²) < 4.78 is 5.77. The summed E-state index contributed by atoms with van der Waals surface area (Å²) in [7, 11) is 0. The molecule has 3 aromatic heterocycles. The zero-order valence-corrected chi connectivity index (χ0v) is 16.3. The van der Waals surface area contributed by atoms with Crippen molar-refractivity contribution in [1.29, 1.82) is 0 Å². The van der Waals surface area contributed by atoms with E-state index in [1.807, 2.05) is 33.4 Å². The second-order valence-electron chi connectivity index (χ2n) is 6.04. The van der Waals surface area contributed by atoms with Crippen LogP contribution in [-0.2, 0) is 19.6 Å². The molecule has 0 amide bonds. The number of aryl methyl sites for hydroxylation is 2. The van der Waals surface area contributed by atoms with Crippen LogP contribution in [0.1, 0.15) is 30.8 Å². The summed E-state index contributed by atoms with van der Waals surface area (Å²) in [5.41, 5.74) is 5.11. The van der Waals surface area contributed by atoms with Gasteiger partial charge >= 0.3 is 0 Å². The van der Waals surface area contributed by atoms with Crippen LogP contribution in [0, 0.1) is 13.8 Å². The monoisotopic (exact) mass is 372 g/mol. The molecule has 138 valence electrons. The smallest absolute Gasteiger partial charge is 0.175 e. The third-order valence-electron chi connectivity index (χ3n) is 4.38. The summed E-state index contributed by atoms with van der Waals surface area (Å²) in [4.78, 5) is 0. The number of thiocarbonyl (C=S) groups is 1. The molecule has 0 fully saturated rings. The van der Waals surface area contributed by atoms with Crippen LogP contribution in [0.4, 0.5) is 11.4 Å². The zero-order chi connectivity index (χ0) is 18.7. The van der Waals surface area contributed by atoms with E-state index < -0.39 is 0 Å². The van der Waals surface area contributed by atoms with Gasteiger partial charge in [-0.1, -0.05) is 0 Å². The molecule has 26 heavy (non-hydrogen) atoms. The Balaban J connectivity index is 1.61. The summed E-state index contributed by atoms with van der Waals surface area (Å²) in [6.45, 7) is 10.6. The Morgan fingerprint density at radius 2 is 1.65 bits per heavy atom. The molecule has 0 unspecified atom stereocenters. The molecule has 0 aromatic carbocycles. The van der Waals surface area contributed by atoms with Crippen LogP contribution in [0.5, 0.6) is 0 Å². The van der Waals surface area contributed by atoms with Gasteiger partial charge < -0.3 is 10.6 Å². The van der Waals surface area contributed by atoms with E-state index in [0.717, 1.165) is 41.4 Å². The SMILES string of the molecule is CCn1ncc(Cn2cc(NC(=S)Nc3cnn(CC)c3C)cn2)c1C. The van der Waals surface area contributed by atoms with E-state index in [2.05, 4.69) is 46.7 Å². The Labute approximate surface area is 158 Å². The largest absolute Gasteiger partial charge is 0.330 e. The molecule has 3 aromatic rings. The van der Waals surface area contributed by atoms with Gasteiger partial charge in [0.15, 0.2) is 5.11 Å². The van der Waals surface area contributed by atoms with Crippen LogP contribution in [0.2, 0.25) is 0 Å². The van der Waals surface area contributed by atoms with Crippen molar-refractivity contribution >= 4 is 28.7 Å². The molecule has 0 atom stereocenters. The van der Waals surface area contributed by atoms with Gasteiger partial charge in [-0.3, -0.25) is 14.0 Å². The van der Waals surface area contributed by atoms with Crippen LogP contribution in [0.25, 0.3) is 0 Å². The lowest BCUT2D eigenvalue weighted by Crippen LogP contribution is -2.19. The maximum Gasteiger partial charge on any atom is 0.175 e. The van der Waals surface area contributed by atoms with Crippen molar-refractivity contribution in [3.63, 3.8) is 0 Å². The van der Waals surface area contributed by atoms with Crippen LogP contribution >= 0.6 is 12.2 Å². The van der Waals surface area contributed by atoms with Crippen molar-refractivity contribution in [3.8, 4) is 0 Å². The molecule has 0 aliphatic heterocycles. The molecule has 0 aliphatic carbocycles. The van der Waals surface area contributed by atoms with Crippen molar-refractivity contribution in [3.05, 3.63) is 41.7 Å². The maximum atomic E-state index is 5.39. The van der Waals surface area contributed by atoms with Gasteiger partial charge in [-0.25, -0.2) is 0 Å². The van der Waals surface area contributed by atoms with Gasteiger partial charge in [0.25, 0.3) is 0 Å². The summed E-state index contributed by atoms with van der Waals surface area (Å²) in [5, 5.41) is 19.9. The predicted molar refractivity (Wildman–Crippen MR) is 106 cm³/mol. The minimum Gasteiger partial charge on any atom is -0.330 e.